The van der Waals surface area contributed by atoms with E-state index >= 15 is 0 Å². The number of carbonyl (C=O) groups is 1. The molecular weight excluding hydrogens is 352 g/mol. The van der Waals surface area contributed by atoms with Crippen molar-refractivity contribution >= 4 is 34.7 Å². The predicted molar refractivity (Wildman–Crippen MR) is 102 cm³/mol. The molecule has 128 valence electrons. The van der Waals surface area contributed by atoms with Crippen molar-refractivity contribution in [3.63, 3.8) is 0 Å². The number of hydrogen-bond donors (Lipinski definition) is 1. The second-order valence-electron chi connectivity index (χ2n) is 5.93. The van der Waals surface area contributed by atoms with Gasteiger partial charge in [0.15, 0.2) is 5.82 Å². The molecule has 0 bridgehead atoms. The largest absolute Gasteiger partial charge is 0.311 e. The van der Waals surface area contributed by atoms with Crippen LogP contribution in [0.4, 0.5) is 5.69 Å². The third-order valence-electron chi connectivity index (χ3n) is 4.23. The van der Waals surface area contributed by atoms with Gasteiger partial charge in [0.1, 0.15) is 0 Å². The van der Waals surface area contributed by atoms with Gasteiger partial charge >= 0.3 is 0 Å². The molecule has 3 aromatic rings. The molecule has 5 nitrogen and oxygen atoms in total. The number of aromatic amines is 1. The van der Waals surface area contributed by atoms with E-state index in [1.54, 1.807) is 11.3 Å². The summed E-state index contributed by atoms with van der Waals surface area (Å²) in [6.07, 6.45) is 2.04. The summed E-state index contributed by atoms with van der Waals surface area (Å²) in [4.78, 5) is 20.4. The summed E-state index contributed by atoms with van der Waals surface area (Å²) in [7, 11) is 0. The molecule has 0 saturated carbocycles. The fourth-order valence-corrected chi connectivity index (χ4v) is 4.46. The van der Waals surface area contributed by atoms with E-state index in [2.05, 4.69) is 21.2 Å². The Hall–Kier alpha value is -2.12. The molecule has 0 fully saturated rings. The Labute approximate surface area is 154 Å². The molecule has 7 heteroatoms. The number of nitrogens with one attached hydrogen (secondary N) is 1. The minimum atomic E-state index is -0.238. The van der Waals surface area contributed by atoms with Crippen LogP contribution >= 0.6 is 23.1 Å². The van der Waals surface area contributed by atoms with Crippen molar-refractivity contribution in [2.75, 3.05) is 11.4 Å². The molecule has 0 spiro atoms. The summed E-state index contributed by atoms with van der Waals surface area (Å²) in [5.74, 6) is 0.861. The molecule has 0 aliphatic carbocycles. The first-order valence-corrected chi connectivity index (χ1v) is 10.0. The molecule has 1 aromatic carbocycles. The number of thiophene rings is 1. The van der Waals surface area contributed by atoms with Gasteiger partial charge in [-0.1, -0.05) is 36.0 Å². The number of hydrogen-bond acceptors (Lipinski definition) is 5. The topological polar surface area (TPSA) is 61.9 Å². The maximum absolute atomic E-state index is 12.9. The van der Waals surface area contributed by atoms with Crippen molar-refractivity contribution < 1.29 is 4.79 Å². The average Bonchev–Trinajstić information content (AvgIpc) is 3.32. The van der Waals surface area contributed by atoms with Crippen LogP contribution in [-0.4, -0.2) is 32.9 Å². The van der Waals surface area contributed by atoms with E-state index in [-0.39, 0.29) is 11.2 Å². The van der Waals surface area contributed by atoms with E-state index in [1.807, 2.05) is 47.5 Å². The van der Waals surface area contributed by atoms with E-state index in [0.29, 0.717) is 5.16 Å². The standard InChI is InChI=1S/C18H18N4OS2/c1-12(25-18-19-16(20-21-18)15-9-5-11-24-15)17(23)22-10-4-7-13-6-2-3-8-14(13)22/h2-3,5-6,8-9,11-12H,4,7,10H2,1H3,(H,19,20,21)/t12-/m0/s1. The molecule has 1 amide bonds. The van der Waals surface area contributed by atoms with E-state index in [9.17, 15) is 4.79 Å². The van der Waals surface area contributed by atoms with Gasteiger partial charge in [0.05, 0.1) is 10.1 Å². The van der Waals surface area contributed by atoms with Crippen molar-refractivity contribution in [2.45, 2.75) is 30.2 Å². The number of fused-ring (bicyclic) bond motifs is 1. The molecule has 0 saturated heterocycles. The van der Waals surface area contributed by atoms with Crippen LogP contribution in [0.5, 0.6) is 0 Å². The van der Waals surface area contributed by atoms with Crippen LogP contribution in [0, 0.1) is 0 Å². The molecule has 0 unspecified atom stereocenters. The normalized spacial score (nSPS) is 15.0. The fraction of sp³-hybridized carbons (Fsp3) is 0.278. The quantitative estimate of drug-likeness (QED) is 0.705. The molecular formula is C18H18N4OS2. The maximum Gasteiger partial charge on any atom is 0.240 e. The van der Waals surface area contributed by atoms with E-state index in [0.717, 1.165) is 35.8 Å². The van der Waals surface area contributed by atoms with Crippen LogP contribution in [-0.2, 0) is 11.2 Å². The first-order valence-electron chi connectivity index (χ1n) is 8.24. The number of anilines is 1. The van der Waals surface area contributed by atoms with Gasteiger partial charge in [-0.25, -0.2) is 4.98 Å². The lowest BCUT2D eigenvalue weighted by Gasteiger charge is -2.31. The summed E-state index contributed by atoms with van der Waals surface area (Å²) in [5, 5.41) is 9.57. The summed E-state index contributed by atoms with van der Waals surface area (Å²) >= 11 is 3.01. The number of carbonyl (C=O) groups excluding carboxylic acids is 1. The Kier molecular flexibility index (Phi) is 4.59. The lowest BCUT2D eigenvalue weighted by molar-refractivity contribution is -0.117. The van der Waals surface area contributed by atoms with E-state index in [1.165, 1.54) is 17.3 Å². The number of aromatic nitrogens is 3. The Morgan fingerprint density at radius 2 is 2.20 bits per heavy atom. The van der Waals surface area contributed by atoms with Gasteiger partial charge in [0.2, 0.25) is 11.1 Å². The molecule has 1 aliphatic heterocycles. The van der Waals surface area contributed by atoms with Gasteiger partial charge in [-0.3, -0.25) is 9.89 Å². The number of rotatable bonds is 4. The highest BCUT2D eigenvalue weighted by molar-refractivity contribution is 8.00. The third kappa shape index (κ3) is 3.34. The molecule has 25 heavy (non-hydrogen) atoms. The zero-order chi connectivity index (χ0) is 17.2. The summed E-state index contributed by atoms with van der Waals surface area (Å²) in [6.45, 7) is 2.70. The molecule has 2 aromatic heterocycles. The highest BCUT2D eigenvalue weighted by atomic mass is 32.2. The van der Waals surface area contributed by atoms with Crippen LogP contribution in [0.2, 0.25) is 0 Å². The number of para-hydroxylation sites is 1. The first kappa shape index (κ1) is 16.4. The van der Waals surface area contributed by atoms with Crippen molar-refractivity contribution in [1.29, 1.82) is 0 Å². The molecule has 4 rings (SSSR count). The van der Waals surface area contributed by atoms with Crippen molar-refractivity contribution in [3.05, 3.63) is 47.3 Å². The van der Waals surface area contributed by atoms with Crippen LogP contribution in [0.1, 0.15) is 18.9 Å². The lowest BCUT2D eigenvalue weighted by Crippen LogP contribution is -2.40. The molecule has 1 atom stereocenters. The highest BCUT2D eigenvalue weighted by Crippen LogP contribution is 2.31. The number of benzene rings is 1. The fourth-order valence-electron chi connectivity index (χ4n) is 3.01. The van der Waals surface area contributed by atoms with Gasteiger partial charge in [-0.2, -0.15) is 0 Å². The van der Waals surface area contributed by atoms with Gasteiger partial charge in [-0.15, -0.1) is 16.4 Å². The van der Waals surface area contributed by atoms with E-state index in [4.69, 9.17) is 0 Å². The number of thioether (sulfide) groups is 1. The third-order valence-corrected chi connectivity index (χ3v) is 6.05. The Balaban J connectivity index is 1.48. The molecule has 1 aliphatic rings. The van der Waals surface area contributed by atoms with Gasteiger partial charge < -0.3 is 4.90 Å². The van der Waals surface area contributed by atoms with Crippen LogP contribution in [0.15, 0.2) is 46.9 Å². The van der Waals surface area contributed by atoms with Gasteiger partial charge in [0, 0.05) is 12.2 Å². The average molecular weight is 371 g/mol. The zero-order valence-corrected chi connectivity index (χ0v) is 15.4. The highest BCUT2D eigenvalue weighted by Gasteiger charge is 2.27. The molecule has 1 N–H and O–H groups in total. The smallest absolute Gasteiger partial charge is 0.240 e. The second kappa shape index (κ2) is 7.01. The lowest BCUT2D eigenvalue weighted by atomic mass is 10.0. The summed E-state index contributed by atoms with van der Waals surface area (Å²) in [5.41, 5.74) is 2.29. The SMILES string of the molecule is C[C@H](Sc1n[nH]c(-c2cccs2)n1)C(=O)N1CCCc2ccccc21. The van der Waals surface area contributed by atoms with Gasteiger partial charge in [0.25, 0.3) is 0 Å². The Morgan fingerprint density at radius 1 is 1.32 bits per heavy atom. The van der Waals surface area contributed by atoms with Crippen molar-refractivity contribution in [3.8, 4) is 10.7 Å². The minimum Gasteiger partial charge on any atom is -0.311 e. The molecule has 3 heterocycles. The number of nitrogens with zero attached hydrogens (tertiary/aromatic N) is 3. The predicted octanol–water partition coefficient (Wildman–Crippen LogP) is 3.99. The van der Waals surface area contributed by atoms with Crippen LogP contribution in [0.3, 0.4) is 0 Å². The Bertz CT molecular complexity index is 875. The van der Waals surface area contributed by atoms with Crippen LogP contribution in [0.25, 0.3) is 10.7 Å². The van der Waals surface area contributed by atoms with Crippen LogP contribution < -0.4 is 4.90 Å². The van der Waals surface area contributed by atoms with Crippen molar-refractivity contribution in [1.82, 2.24) is 15.2 Å². The van der Waals surface area contributed by atoms with Crippen molar-refractivity contribution in [2.24, 2.45) is 0 Å². The van der Waals surface area contributed by atoms with Gasteiger partial charge in [-0.05, 0) is 42.8 Å². The zero-order valence-electron chi connectivity index (χ0n) is 13.8. The first-order chi connectivity index (χ1) is 12.2. The Morgan fingerprint density at radius 3 is 3.04 bits per heavy atom. The maximum atomic E-state index is 12.9. The summed E-state index contributed by atoms with van der Waals surface area (Å²) in [6, 6.07) is 12.1. The second-order valence-corrected chi connectivity index (χ2v) is 8.18. The minimum absolute atomic E-state index is 0.111. The molecule has 0 radical (unpaired) electrons. The monoisotopic (exact) mass is 370 g/mol. The van der Waals surface area contributed by atoms with E-state index < -0.39 is 0 Å². The number of amides is 1. The number of H-pyrrole nitrogens is 1. The summed E-state index contributed by atoms with van der Waals surface area (Å²) < 4.78 is 0. The number of aryl methyl sites for hydroxylation is 1.